The van der Waals surface area contributed by atoms with Gasteiger partial charge in [-0.05, 0) is 53.4 Å². The van der Waals surface area contributed by atoms with Gasteiger partial charge in [0.05, 0.1) is 0 Å². The number of carboxylic acid groups (broad SMARTS) is 1. The third-order valence-corrected chi connectivity index (χ3v) is 10.8. The Kier molecular flexibility index (Phi) is 13.5. The van der Waals surface area contributed by atoms with E-state index in [0.29, 0.717) is 5.75 Å². The average molecular weight is 666 g/mol. The Morgan fingerprint density at radius 3 is 2.25 bits per heavy atom. The first-order chi connectivity index (χ1) is 20.9. The summed E-state index contributed by atoms with van der Waals surface area (Å²) >= 11 is -0.355. The Morgan fingerprint density at radius 2 is 1.61 bits per heavy atom. The van der Waals surface area contributed by atoms with Gasteiger partial charge in [0.25, 0.3) is 0 Å². The van der Waals surface area contributed by atoms with Crippen LogP contribution in [-0.2, 0) is 16.0 Å². The van der Waals surface area contributed by atoms with Gasteiger partial charge < -0.3 is 0 Å². The SMILES string of the molecule is CC(C)=CCC/C(C)=C/CC/C(C)=C/CCC1(C)CCc2cc(OC(=O)C(CC(=O)O)[Se]c3ccccc3)c(C)c(C)c2O1. The van der Waals surface area contributed by atoms with Crippen molar-refractivity contribution < 1.29 is 24.2 Å². The van der Waals surface area contributed by atoms with Crippen LogP contribution in [0.15, 0.2) is 71.3 Å². The summed E-state index contributed by atoms with van der Waals surface area (Å²) in [5.41, 5.74) is 6.87. The summed E-state index contributed by atoms with van der Waals surface area (Å²) in [6.07, 6.45) is 14.9. The number of carboxylic acids is 1. The van der Waals surface area contributed by atoms with Crippen molar-refractivity contribution in [3.63, 3.8) is 0 Å². The van der Waals surface area contributed by atoms with Crippen molar-refractivity contribution in [2.24, 2.45) is 0 Å². The fraction of sp³-hybridized carbons (Fsp3) is 0.474. The van der Waals surface area contributed by atoms with Gasteiger partial charge in [0, 0.05) is 0 Å². The number of carbonyl (C=O) groups is 2. The zero-order valence-electron chi connectivity index (χ0n) is 27.6. The summed E-state index contributed by atoms with van der Waals surface area (Å²) in [5.74, 6) is -0.103. The summed E-state index contributed by atoms with van der Waals surface area (Å²) in [7, 11) is 0. The Bertz CT molecular complexity index is 1380. The zero-order valence-corrected chi connectivity index (χ0v) is 29.3. The number of hydrogen-bond acceptors (Lipinski definition) is 4. The number of rotatable bonds is 15. The van der Waals surface area contributed by atoms with E-state index < -0.39 is 16.8 Å². The predicted octanol–water partition coefficient (Wildman–Crippen LogP) is 8.78. The molecule has 1 N–H and O–H groups in total. The molecule has 0 spiro atoms. The predicted molar refractivity (Wildman–Crippen MR) is 181 cm³/mol. The van der Waals surface area contributed by atoms with E-state index in [2.05, 4.69) is 52.8 Å². The topological polar surface area (TPSA) is 72.8 Å². The number of allylic oxidation sites excluding steroid dienone is 6. The Labute approximate surface area is 271 Å². The van der Waals surface area contributed by atoms with Crippen LogP contribution < -0.4 is 13.9 Å². The summed E-state index contributed by atoms with van der Waals surface area (Å²) in [6, 6.07) is 11.5. The van der Waals surface area contributed by atoms with Gasteiger partial charge >= 0.3 is 189 Å². The van der Waals surface area contributed by atoms with Gasteiger partial charge in [0.2, 0.25) is 0 Å². The monoisotopic (exact) mass is 666 g/mol. The minimum atomic E-state index is -1.00. The van der Waals surface area contributed by atoms with Gasteiger partial charge in [-0.3, -0.25) is 0 Å². The average Bonchev–Trinajstić information content (AvgIpc) is 2.96. The van der Waals surface area contributed by atoms with Crippen LogP contribution in [0, 0.1) is 13.8 Å². The summed E-state index contributed by atoms with van der Waals surface area (Å²) in [6.45, 7) is 14.9. The fourth-order valence-electron chi connectivity index (χ4n) is 5.37. The Balaban J connectivity index is 1.60. The molecule has 44 heavy (non-hydrogen) atoms. The quantitative estimate of drug-likeness (QED) is 0.0892. The second-order valence-electron chi connectivity index (χ2n) is 12.6. The molecule has 238 valence electrons. The van der Waals surface area contributed by atoms with E-state index in [1.54, 1.807) is 0 Å². The maximum absolute atomic E-state index is 13.2. The van der Waals surface area contributed by atoms with Crippen molar-refractivity contribution in [2.75, 3.05) is 0 Å². The van der Waals surface area contributed by atoms with Gasteiger partial charge in [0.15, 0.2) is 0 Å². The minimum absolute atomic E-state index is 0.251. The molecule has 2 atom stereocenters. The first-order valence-electron chi connectivity index (χ1n) is 15.8. The molecule has 0 radical (unpaired) electrons. The number of esters is 1. The molecule has 0 amide bonds. The molecular weight excluding hydrogens is 615 g/mol. The molecule has 6 heteroatoms. The Morgan fingerprint density at radius 1 is 0.977 bits per heavy atom. The van der Waals surface area contributed by atoms with E-state index in [4.69, 9.17) is 9.47 Å². The Hall–Kier alpha value is -3.08. The molecule has 3 rings (SSSR count). The van der Waals surface area contributed by atoms with E-state index in [-0.39, 0.29) is 27.0 Å². The van der Waals surface area contributed by atoms with E-state index >= 15 is 0 Å². The molecule has 0 bridgehead atoms. The second-order valence-corrected chi connectivity index (χ2v) is 15.3. The zero-order chi connectivity index (χ0) is 32.3. The number of ether oxygens (including phenoxy) is 2. The molecule has 0 saturated heterocycles. The molecule has 0 saturated carbocycles. The molecule has 2 aromatic rings. The second kappa shape index (κ2) is 16.8. The van der Waals surface area contributed by atoms with Crippen molar-refractivity contribution in [3.05, 3.63) is 88.0 Å². The maximum atomic E-state index is 13.2. The third kappa shape index (κ3) is 11.1. The van der Waals surface area contributed by atoms with Gasteiger partial charge in [-0.15, -0.1) is 0 Å². The molecule has 0 fully saturated rings. The van der Waals surface area contributed by atoms with Crippen molar-refractivity contribution in [1.29, 1.82) is 0 Å². The van der Waals surface area contributed by atoms with Crippen molar-refractivity contribution in [2.45, 2.75) is 117 Å². The first kappa shape index (κ1) is 35.4. The van der Waals surface area contributed by atoms with E-state index in [0.717, 1.165) is 78.3 Å². The van der Waals surface area contributed by atoms with Crippen LogP contribution in [0.4, 0.5) is 0 Å². The number of aliphatic carboxylic acids is 1. The van der Waals surface area contributed by atoms with E-state index in [1.807, 2.05) is 50.2 Å². The summed E-state index contributed by atoms with van der Waals surface area (Å²) in [5, 5.41) is 9.45. The normalized spacial score (nSPS) is 17.3. The molecular formula is C38H50O5Se. The fourth-order valence-corrected chi connectivity index (χ4v) is 7.49. The van der Waals surface area contributed by atoms with Crippen LogP contribution in [0.25, 0.3) is 0 Å². The van der Waals surface area contributed by atoms with Crippen LogP contribution >= 0.6 is 0 Å². The number of carbonyl (C=O) groups excluding carboxylic acids is 1. The molecule has 0 aromatic heterocycles. The van der Waals surface area contributed by atoms with E-state index in [1.165, 1.54) is 16.7 Å². The van der Waals surface area contributed by atoms with Gasteiger partial charge in [-0.1, -0.05) is 28.9 Å². The van der Waals surface area contributed by atoms with Gasteiger partial charge in [-0.2, -0.15) is 0 Å². The van der Waals surface area contributed by atoms with Gasteiger partial charge in [-0.25, -0.2) is 0 Å². The number of fused-ring (bicyclic) bond motifs is 1. The van der Waals surface area contributed by atoms with Gasteiger partial charge in [0.1, 0.15) is 0 Å². The summed E-state index contributed by atoms with van der Waals surface area (Å²) in [4.78, 5) is 24.0. The number of benzene rings is 2. The molecule has 1 aliphatic rings. The van der Waals surface area contributed by atoms with Crippen molar-refractivity contribution in [1.82, 2.24) is 0 Å². The van der Waals surface area contributed by atoms with Crippen molar-refractivity contribution >= 4 is 31.4 Å². The van der Waals surface area contributed by atoms with Crippen LogP contribution in [0.5, 0.6) is 11.5 Å². The third-order valence-electron chi connectivity index (χ3n) is 8.29. The molecule has 2 aromatic carbocycles. The van der Waals surface area contributed by atoms with E-state index in [9.17, 15) is 14.7 Å². The van der Waals surface area contributed by atoms with Crippen LogP contribution in [0.1, 0.15) is 103 Å². The standard InChI is InChI=1S/C38H50O5Se/c1-26(2)14-11-15-27(3)16-12-17-28(4)18-13-22-38(7)23-21-31-24-33(29(5)30(6)36(31)43-38)42-37(41)34(25-35(39)40)44-32-19-9-8-10-20-32/h8-10,14,16,18-20,24,34H,11-13,15,17,21-23,25H2,1-7H3,(H,39,40)/b27-16+,28-18+. The first-order valence-corrected chi connectivity index (χ1v) is 17.6. The number of aryl methyl sites for hydroxylation is 1. The molecule has 5 nitrogen and oxygen atoms in total. The molecule has 2 unspecified atom stereocenters. The number of hydrogen-bond donors (Lipinski definition) is 1. The molecule has 0 aliphatic carbocycles. The molecule has 1 heterocycles. The van der Waals surface area contributed by atoms with Crippen LogP contribution in [0.3, 0.4) is 0 Å². The summed E-state index contributed by atoms with van der Waals surface area (Å²) < 4.78 is 13.5. The van der Waals surface area contributed by atoms with Crippen molar-refractivity contribution in [3.8, 4) is 11.5 Å². The van der Waals surface area contributed by atoms with Crippen LogP contribution in [-0.4, -0.2) is 37.6 Å². The van der Waals surface area contributed by atoms with Crippen LogP contribution in [0.2, 0.25) is 4.82 Å². The molecule has 1 aliphatic heterocycles.